The molecule has 1 heterocycles. The van der Waals surface area contributed by atoms with Crippen LogP contribution in [0.3, 0.4) is 0 Å². The standard InChI is InChI=1S/C13H23F3N2S/c1-11(2)8-17-12(3,10-4-5-10)9-18(11)6-7-19-13(14,15)16/h10,17H,4-9H2,1-3H3. The Labute approximate surface area is 117 Å². The smallest absolute Gasteiger partial charge is 0.308 e. The number of halogens is 3. The highest BCUT2D eigenvalue weighted by molar-refractivity contribution is 8.00. The van der Waals surface area contributed by atoms with Crippen LogP contribution < -0.4 is 5.32 Å². The molecule has 2 nitrogen and oxygen atoms in total. The first-order valence-electron chi connectivity index (χ1n) is 6.83. The highest BCUT2D eigenvalue weighted by atomic mass is 32.2. The van der Waals surface area contributed by atoms with Crippen LogP contribution in [-0.4, -0.2) is 46.9 Å². The van der Waals surface area contributed by atoms with Crippen molar-refractivity contribution in [3.63, 3.8) is 0 Å². The van der Waals surface area contributed by atoms with Crippen molar-refractivity contribution in [3.8, 4) is 0 Å². The second-order valence-electron chi connectivity index (χ2n) is 6.57. The van der Waals surface area contributed by atoms with Gasteiger partial charge in [0.05, 0.1) is 0 Å². The molecule has 1 aliphatic heterocycles. The molecule has 0 bridgehead atoms. The summed E-state index contributed by atoms with van der Waals surface area (Å²) < 4.78 is 36.7. The van der Waals surface area contributed by atoms with E-state index < -0.39 is 5.51 Å². The molecule has 0 aromatic rings. The molecule has 0 amide bonds. The van der Waals surface area contributed by atoms with E-state index in [2.05, 4.69) is 31.0 Å². The van der Waals surface area contributed by atoms with Crippen molar-refractivity contribution in [1.82, 2.24) is 10.2 Å². The SMILES string of the molecule is CC1(C2CC2)CN(CCSC(F)(F)F)C(C)(C)CN1. The van der Waals surface area contributed by atoms with Crippen LogP contribution >= 0.6 is 11.8 Å². The van der Waals surface area contributed by atoms with Gasteiger partial charge in [-0.25, -0.2) is 0 Å². The summed E-state index contributed by atoms with van der Waals surface area (Å²) in [4.78, 5) is 2.22. The Kier molecular flexibility index (Phi) is 4.16. The lowest BCUT2D eigenvalue weighted by Crippen LogP contribution is -2.68. The van der Waals surface area contributed by atoms with E-state index in [0.717, 1.165) is 13.1 Å². The number of piperazine rings is 1. The van der Waals surface area contributed by atoms with Gasteiger partial charge in [0.15, 0.2) is 0 Å². The Bertz CT molecular complexity index is 328. The van der Waals surface area contributed by atoms with E-state index in [0.29, 0.717) is 12.5 Å². The number of nitrogens with zero attached hydrogens (tertiary/aromatic N) is 1. The zero-order valence-corrected chi connectivity index (χ0v) is 12.6. The maximum absolute atomic E-state index is 12.2. The second kappa shape index (κ2) is 5.11. The number of thioether (sulfide) groups is 1. The van der Waals surface area contributed by atoms with Crippen LogP contribution in [0.25, 0.3) is 0 Å². The van der Waals surface area contributed by atoms with Crippen LogP contribution in [-0.2, 0) is 0 Å². The average molecular weight is 296 g/mol. The summed E-state index contributed by atoms with van der Waals surface area (Å²) in [6.07, 6.45) is 2.49. The third-order valence-corrected chi connectivity index (χ3v) is 5.12. The van der Waals surface area contributed by atoms with Gasteiger partial charge in [0.1, 0.15) is 0 Å². The molecule has 1 saturated heterocycles. The van der Waals surface area contributed by atoms with Gasteiger partial charge in [0.2, 0.25) is 0 Å². The van der Waals surface area contributed by atoms with Crippen molar-refractivity contribution in [1.29, 1.82) is 0 Å². The maximum atomic E-state index is 12.2. The van der Waals surface area contributed by atoms with Crippen molar-refractivity contribution in [2.75, 3.05) is 25.4 Å². The number of hydrogen-bond acceptors (Lipinski definition) is 3. The quantitative estimate of drug-likeness (QED) is 0.858. The van der Waals surface area contributed by atoms with Gasteiger partial charge in [0.25, 0.3) is 0 Å². The monoisotopic (exact) mass is 296 g/mol. The van der Waals surface area contributed by atoms with E-state index in [9.17, 15) is 13.2 Å². The Balaban J connectivity index is 1.91. The lowest BCUT2D eigenvalue weighted by Gasteiger charge is -2.51. The predicted molar refractivity (Wildman–Crippen MR) is 73.3 cm³/mol. The summed E-state index contributed by atoms with van der Waals surface area (Å²) >= 11 is 0.0900. The maximum Gasteiger partial charge on any atom is 0.441 e. The number of nitrogens with one attached hydrogen (secondary N) is 1. The van der Waals surface area contributed by atoms with Gasteiger partial charge in [-0.3, -0.25) is 4.90 Å². The molecule has 1 atom stereocenters. The summed E-state index contributed by atoms with van der Waals surface area (Å²) in [5.74, 6) is 0.814. The van der Waals surface area contributed by atoms with E-state index in [1.165, 1.54) is 12.8 Å². The van der Waals surface area contributed by atoms with Crippen LogP contribution in [0.2, 0.25) is 0 Å². The fourth-order valence-electron chi connectivity index (χ4n) is 2.84. The van der Waals surface area contributed by atoms with E-state index in [-0.39, 0.29) is 28.6 Å². The Morgan fingerprint density at radius 3 is 2.42 bits per heavy atom. The molecule has 2 aliphatic rings. The Morgan fingerprint density at radius 1 is 1.26 bits per heavy atom. The molecule has 1 unspecified atom stereocenters. The molecule has 2 rings (SSSR count). The average Bonchev–Trinajstić information content (AvgIpc) is 3.06. The molecule has 1 saturated carbocycles. The molecule has 6 heteroatoms. The van der Waals surface area contributed by atoms with Crippen LogP contribution in [0.15, 0.2) is 0 Å². The molecular weight excluding hydrogens is 273 g/mol. The zero-order chi connectivity index (χ0) is 14.3. The lowest BCUT2D eigenvalue weighted by molar-refractivity contribution is -0.0333. The van der Waals surface area contributed by atoms with Crippen molar-refractivity contribution < 1.29 is 13.2 Å². The number of rotatable bonds is 4. The second-order valence-corrected chi connectivity index (χ2v) is 7.73. The van der Waals surface area contributed by atoms with Gasteiger partial charge in [0, 0.05) is 36.5 Å². The van der Waals surface area contributed by atoms with Gasteiger partial charge in [-0.1, -0.05) is 0 Å². The van der Waals surface area contributed by atoms with E-state index in [4.69, 9.17) is 0 Å². The minimum Gasteiger partial charge on any atom is -0.308 e. The van der Waals surface area contributed by atoms with E-state index in [1.54, 1.807) is 0 Å². The molecule has 1 N–H and O–H groups in total. The largest absolute Gasteiger partial charge is 0.441 e. The van der Waals surface area contributed by atoms with Crippen molar-refractivity contribution in [3.05, 3.63) is 0 Å². The first-order valence-corrected chi connectivity index (χ1v) is 7.82. The third-order valence-electron chi connectivity index (χ3n) is 4.41. The molecular formula is C13H23F3N2S. The highest BCUT2D eigenvalue weighted by Gasteiger charge is 2.48. The van der Waals surface area contributed by atoms with Crippen LogP contribution in [0.4, 0.5) is 13.2 Å². The van der Waals surface area contributed by atoms with E-state index >= 15 is 0 Å². The Morgan fingerprint density at radius 2 is 1.89 bits per heavy atom. The van der Waals surface area contributed by atoms with Crippen LogP contribution in [0.1, 0.15) is 33.6 Å². The summed E-state index contributed by atoms with van der Waals surface area (Å²) in [5, 5.41) is 3.61. The Hall–Kier alpha value is 0.0600. The molecule has 0 spiro atoms. The summed E-state index contributed by atoms with van der Waals surface area (Å²) in [6, 6.07) is 0. The van der Waals surface area contributed by atoms with Gasteiger partial charge >= 0.3 is 5.51 Å². The zero-order valence-electron chi connectivity index (χ0n) is 11.8. The van der Waals surface area contributed by atoms with Gasteiger partial charge in [-0.05, 0) is 51.3 Å². The summed E-state index contributed by atoms with van der Waals surface area (Å²) in [6.45, 7) is 8.61. The van der Waals surface area contributed by atoms with Gasteiger partial charge in [-0.2, -0.15) is 13.2 Å². The first kappa shape index (κ1) is 15.4. The van der Waals surface area contributed by atoms with Crippen molar-refractivity contribution in [2.45, 2.75) is 50.2 Å². The fourth-order valence-corrected chi connectivity index (χ4v) is 3.39. The molecule has 0 radical (unpaired) electrons. The van der Waals surface area contributed by atoms with Crippen LogP contribution in [0.5, 0.6) is 0 Å². The minimum atomic E-state index is -4.11. The van der Waals surface area contributed by atoms with Gasteiger partial charge < -0.3 is 5.32 Å². The molecule has 2 fully saturated rings. The minimum absolute atomic E-state index is 0.0689. The predicted octanol–water partition coefficient (Wildman–Crippen LogP) is 3.09. The van der Waals surface area contributed by atoms with Gasteiger partial charge in [-0.15, -0.1) is 0 Å². The normalized spacial score (nSPS) is 32.5. The van der Waals surface area contributed by atoms with Crippen LogP contribution in [0, 0.1) is 5.92 Å². The van der Waals surface area contributed by atoms with Crippen molar-refractivity contribution >= 4 is 11.8 Å². The lowest BCUT2D eigenvalue weighted by atomic mass is 9.87. The molecule has 0 aromatic carbocycles. The fraction of sp³-hybridized carbons (Fsp3) is 1.00. The van der Waals surface area contributed by atoms with Crippen molar-refractivity contribution in [2.24, 2.45) is 5.92 Å². The molecule has 1 aliphatic carbocycles. The highest BCUT2D eigenvalue weighted by Crippen LogP contribution is 2.42. The number of alkyl halides is 3. The summed E-state index contributed by atoms with van der Waals surface area (Å²) in [7, 11) is 0. The molecule has 0 aromatic heterocycles. The van der Waals surface area contributed by atoms with E-state index in [1.807, 2.05) is 0 Å². The molecule has 112 valence electrons. The topological polar surface area (TPSA) is 15.3 Å². The first-order chi connectivity index (χ1) is 8.62. The molecule has 19 heavy (non-hydrogen) atoms. The third kappa shape index (κ3) is 4.02. The number of hydrogen-bond donors (Lipinski definition) is 1. The summed E-state index contributed by atoms with van der Waals surface area (Å²) in [5.41, 5.74) is -4.10.